The molecule has 11 rings (SSSR count). The molecule has 0 spiro atoms. The number of Topliss-reactive ketones (excluding diaryl/α,β-unsaturated/α-hetero) is 2. The van der Waals surface area contributed by atoms with Crippen molar-refractivity contribution in [2.24, 2.45) is 45.3 Å². The highest BCUT2D eigenvalue weighted by Crippen LogP contribution is 2.50. The molecule has 4 aliphatic rings. The molecule has 4 saturated heterocycles. The van der Waals surface area contributed by atoms with Crippen molar-refractivity contribution in [3.63, 3.8) is 0 Å². The second-order valence-electron chi connectivity index (χ2n) is 36.1. The Bertz CT molecular complexity index is 5390. The van der Waals surface area contributed by atoms with Crippen molar-refractivity contribution in [1.82, 2.24) is 55.9 Å². The lowest BCUT2D eigenvalue weighted by atomic mass is 9.75. The number of carbonyl (C=O) groups excluding carboxylic acids is 7. The molecule has 48 heteroatoms. The lowest BCUT2D eigenvalue weighted by Crippen LogP contribution is -2.74. The van der Waals surface area contributed by atoms with Gasteiger partial charge in [0, 0.05) is 102 Å². The van der Waals surface area contributed by atoms with E-state index in [2.05, 4.69) is 51.6 Å². The van der Waals surface area contributed by atoms with Crippen LogP contribution in [0.3, 0.4) is 0 Å². The number of ether oxygens (including phenoxy) is 5. The van der Waals surface area contributed by atoms with Crippen LogP contribution in [0.4, 0.5) is 109 Å². The maximum absolute atomic E-state index is 16.5. The van der Waals surface area contributed by atoms with E-state index in [1.165, 1.54) is 0 Å². The minimum absolute atomic E-state index is 0.195. The first-order valence-corrected chi connectivity index (χ1v) is 44.0. The molecule has 4 aliphatic heterocycles. The van der Waals surface area contributed by atoms with Crippen LogP contribution in [-0.4, -0.2) is 221 Å². The van der Waals surface area contributed by atoms with Crippen molar-refractivity contribution in [2.75, 3.05) is 77.7 Å². The molecule has 7 heterocycles. The van der Waals surface area contributed by atoms with E-state index in [-0.39, 0.29) is 44.9 Å². The topological polar surface area (TPSA) is 316 Å². The standard InChI is InChI=1S/C52H60F10N8O7.C39H44F10IN5O7/c1-28(75-6)16-37(49(2,3)51(57,58)59)46(73)66-69(44-38(53)18-32(19-39(44)54)40-14-15-68(65-40)47(55)56)25-42(72)33(20-41(71)45(64-48(74)76-7)50(4,5)52(60,61)62)17-29-8-10-30(11-9-29)31-12-13-43(63-22-31)67-23-34-21-35(24-67)70(34)36-26-77-27-36;1-36(2,38(44,45)46)25(17-31(58)61-5)33(59)53-54(18-24-26(40)14-21(15-27(24)41)28-11-12-55(52-28)34(42)43)19-30(57)22(13-20-7-9-23(50)10-8-20)16-29(56)32(51-35(60)62-6)37(3,4)39(47,48)49/h8-15,18-19,22,33-37,42,45,47,72H,1,16-17,20-21,23-27H2,2-7H3,(H,64,74)(H,66,73);7-12,14-15,22,25,30,32,34,57H,13,16-19H2,1-6H3,(H,51,60)(H,53,59)/t33-,34?,35?,37-,42+,45-;22-,25-,30+,32-/m11/s1. The SMILES string of the molecule is C=C(C[C@H](C(=O)NN(C[C@H](O)[C@@H](CC(=O)[C@@H](NC(=O)OC)C(C)(C)C(F)(F)F)Cc1ccc(-c2ccc(N3CC4CC(C3)N4C3COC3)nc2)cc1)c1c(F)cc(-c2ccn(C(F)F)n2)cc1F)C(C)(C)C(F)(F)F)OC.COC(=O)C[C@H](C(=O)NN(Cc1c(F)cc(-c2ccn(C(F)F)n2)cc1F)C[C@H](O)[C@@H](CC(=O)[C@@H](NC(=O)OC)C(C)(C)C(F)(F)F)Cc1ccc(I)cc1)C(C)(C)C(F)(F)F. The minimum Gasteiger partial charge on any atom is -0.502 e. The second-order valence-corrected chi connectivity index (χ2v) is 37.4. The van der Waals surface area contributed by atoms with Crippen LogP contribution < -0.4 is 31.4 Å². The number of allylic oxidation sites excluding steroid dienone is 1. The number of aliphatic hydroxyl groups excluding tert-OH is 2. The van der Waals surface area contributed by atoms with E-state index in [1.807, 2.05) is 45.4 Å². The zero-order valence-corrected chi connectivity index (χ0v) is 79.0. The number of ketones is 2. The number of piperazine rings is 1. The van der Waals surface area contributed by atoms with Gasteiger partial charge in [-0.15, -0.1) is 0 Å². The van der Waals surface area contributed by atoms with Gasteiger partial charge in [-0.05, 0) is 159 Å². The van der Waals surface area contributed by atoms with Gasteiger partial charge >= 0.3 is 56.0 Å². The van der Waals surface area contributed by atoms with Crippen molar-refractivity contribution in [1.29, 1.82) is 0 Å². The third kappa shape index (κ3) is 27.0. The number of pyridine rings is 1. The Labute approximate surface area is 798 Å². The number of aromatic nitrogens is 5. The Morgan fingerprint density at radius 1 is 0.518 bits per heavy atom. The Morgan fingerprint density at radius 3 is 1.32 bits per heavy atom. The number of anilines is 2. The van der Waals surface area contributed by atoms with E-state index in [1.54, 1.807) is 54.7 Å². The number of hydrazine groups is 2. The summed E-state index contributed by atoms with van der Waals surface area (Å²) in [7, 11) is 3.63. The molecular weight excluding hydrogens is 2010 g/mol. The molecule has 10 atom stereocenters. The summed E-state index contributed by atoms with van der Waals surface area (Å²) in [6.07, 6.45) is -27.3. The predicted octanol–water partition coefficient (Wildman–Crippen LogP) is 17.0. The number of aliphatic hydroxyl groups is 2. The molecule has 2 unspecified atom stereocenters. The summed E-state index contributed by atoms with van der Waals surface area (Å²) < 4.78 is 316. The van der Waals surface area contributed by atoms with Gasteiger partial charge < -0.3 is 49.4 Å². The van der Waals surface area contributed by atoms with Crippen LogP contribution in [0.15, 0.2) is 128 Å². The molecule has 3 aromatic heterocycles. The number of hydrogen-bond acceptors (Lipinski definition) is 21. The summed E-state index contributed by atoms with van der Waals surface area (Å²) in [6.45, 7) is 2.35. The van der Waals surface area contributed by atoms with E-state index in [4.69, 9.17) is 14.5 Å². The van der Waals surface area contributed by atoms with Crippen molar-refractivity contribution in [2.45, 2.75) is 187 Å². The van der Waals surface area contributed by atoms with Crippen LogP contribution in [0, 0.1) is 72.2 Å². The minimum atomic E-state index is -5.13. The van der Waals surface area contributed by atoms with Gasteiger partial charge in [0.05, 0.1) is 124 Å². The number of esters is 1. The van der Waals surface area contributed by atoms with Gasteiger partial charge in [-0.2, -0.15) is 80.4 Å². The van der Waals surface area contributed by atoms with Gasteiger partial charge in [-0.3, -0.25) is 44.7 Å². The first-order chi connectivity index (χ1) is 64.6. The Morgan fingerprint density at radius 2 is 0.935 bits per heavy atom. The first kappa shape index (κ1) is 112. The van der Waals surface area contributed by atoms with Gasteiger partial charge in [0.15, 0.2) is 23.2 Å². The third-order valence-corrected chi connectivity index (χ3v) is 26.2. The van der Waals surface area contributed by atoms with Crippen molar-refractivity contribution in [3.05, 3.63) is 172 Å². The molecule has 764 valence electrons. The number of carbonyl (C=O) groups is 7. The maximum atomic E-state index is 16.5. The van der Waals surface area contributed by atoms with E-state index in [9.17, 15) is 114 Å². The summed E-state index contributed by atoms with van der Waals surface area (Å²) in [5, 5.41) is 35.9. The van der Waals surface area contributed by atoms with Crippen molar-refractivity contribution in [3.8, 4) is 33.6 Å². The highest BCUT2D eigenvalue weighted by atomic mass is 127. The van der Waals surface area contributed by atoms with Gasteiger partial charge in [0.1, 0.15) is 35.2 Å². The van der Waals surface area contributed by atoms with Gasteiger partial charge in [0.2, 0.25) is 11.8 Å². The monoisotopic (exact) mass is 2110 g/mol. The summed E-state index contributed by atoms with van der Waals surface area (Å²) in [6, 6.07) is 18.0. The molecule has 6 N–H and O–H groups in total. The molecule has 0 radical (unpaired) electrons. The zero-order valence-electron chi connectivity index (χ0n) is 76.8. The van der Waals surface area contributed by atoms with Crippen molar-refractivity contribution >= 4 is 75.6 Å². The van der Waals surface area contributed by atoms with Crippen LogP contribution in [0.25, 0.3) is 33.6 Å². The molecule has 0 aliphatic carbocycles. The number of methoxy groups -OCH3 is 4. The smallest absolute Gasteiger partial charge is 0.407 e. The van der Waals surface area contributed by atoms with Gasteiger partial charge in [-0.25, -0.2) is 46.5 Å². The fourth-order valence-corrected chi connectivity index (χ4v) is 16.5. The highest BCUT2D eigenvalue weighted by molar-refractivity contribution is 14.1. The van der Waals surface area contributed by atoms with E-state index in [0.29, 0.717) is 130 Å². The molecule has 4 fully saturated rings. The molecule has 4 aromatic carbocycles. The summed E-state index contributed by atoms with van der Waals surface area (Å²) in [5.74, 6) is -19.6. The fraction of sp³-hybridized carbons (Fsp3) is 0.516. The van der Waals surface area contributed by atoms with Gasteiger partial charge in [0.25, 0.3) is 0 Å². The van der Waals surface area contributed by atoms with Crippen molar-refractivity contribution < 1.29 is 155 Å². The first-order valence-electron chi connectivity index (χ1n) is 42.9. The number of piperidine rings is 1. The second kappa shape index (κ2) is 45.3. The number of halogens is 21. The van der Waals surface area contributed by atoms with Crippen LogP contribution >= 0.6 is 22.6 Å². The quantitative estimate of drug-likeness (QED) is 0.00518. The zero-order chi connectivity index (χ0) is 104. The lowest BCUT2D eigenvalue weighted by Gasteiger charge is -2.60. The molecule has 4 amide bonds. The molecule has 2 bridgehead atoms. The number of fused-ring (bicyclic) bond motifs is 2. The average Bonchev–Trinajstić information content (AvgIpc) is 1.05. The Balaban J connectivity index is 0.000000319. The number of amides is 4. The van der Waals surface area contributed by atoms with E-state index < -0.39 is 234 Å². The molecule has 27 nitrogen and oxygen atoms in total. The third-order valence-electron chi connectivity index (χ3n) is 25.4. The number of hydrogen-bond donors (Lipinski definition) is 6. The van der Waals surface area contributed by atoms with Crippen LogP contribution in [-0.2, 0) is 67.0 Å². The van der Waals surface area contributed by atoms with Gasteiger partial charge in [-0.1, -0.05) is 70.7 Å². The Kier molecular flexibility index (Phi) is 36.4. The normalized spacial score (nSPS) is 16.9. The largest absolute Gasteiger partial charge is 0.502 e. The average molecular weight is 2110 g/mol. The van der Waals surface area contributed by atoms with Crippen LogP contribution in [0.2, 0.25) is 0 Å². The number of nitrogens with zero attached hydrogens (tertiary/aromatic N) is 9. The molecule has 7 aromatic rings. The summed E-state index contributed by atoms with van der Waals surface area (Å²) >= 11 is 1.98. The Hall–Kier alpha value is -11.0. The predicted molar refractivity (Wildman–Crippen MR) is 469 cm³/mol. The molecular formula is C91H104F20IN13O14. The highest BCUT2D eigenvalue weighted by Gasteiger charge is 2.60. The number of alkyl halides is 16. The van der Waals surface area contributed by atoms with Crippen LogP contribution in [0.5, 0.6) is 0 Å². The molecule has 139 heavy (non-hydrogen) atoms. The summed E-state index contributed by atoms with van der Waals surface area (Å²) in [5.41, 5.74) is -8.83. The number of rotatable bonds is 41. The number of benzene rings is 4. The number of alkyl carbamates (subject to hydrolysis) is 2. The summed E-state index contributed by atoms with van der Waals surface area (Å²) in [4.78, 5) is 103. The maximum Gasteiger partial charge on any atom is 0.407 e. The number of nitrogens with one attached hydrogen (secondary N) is 4. The molecule has 0 saturated carbocycles. The van der Waals surface area contributed by atoms with E-state index >= 15 is 17.6 Å². The lowest BCUT2D eigenvalue weighted by molar-refractivity contribution is -0.231. The van der Waals surface area contributed by atoms with E-state index in [0.717, 1.165) is 95.1 Å². The fourth-order valence-electron chi connectivity index (χ4n) is 16.1. The van der Waals surface area contributed by atoms with Crippen LogP contribution in [0.1, 0.15) is 117 Å².